The first kappa shape index (κ1) is 18.8. The molecule has 0 spiro atoms. The highest BCUT2D eigenvalue weighted by Crippen LogP contribution is 2.20. The highest BCUT2D eigenvalue weighted by Gasteiger charge is 2.09. The molecule has 0 aliphatic heterocycles. The van der Waals surface area contributed by atoms with Crippen LogP contribution in [0, 0.1) is 11.6 Å². The maximum absolute atomic E-state index is 13.7. The van der Waals surface area contributed by atoms with Crippen molar-refractivity contribution in [1.82, 2.24) is 10.3 Å². The Hall–Kier alpha value is -2.99. The molecule has 1 aromatic heterocycles. The maximum Gasteiger partial charge on any atom is 0.252 e. The zero-order chi connectivity index (χ0) is 19.2. The lowest BCUT2D eigenvalue weighted by Crippen LogP contribution is -2.25. The van der Waals surface area contributed by atoms with Gasteiger partial charge in [-0.05, 0) is 42.3 Å². The highest BCUT2D eigenvalue weighted by atomic mass is 35.5. The predicted octanol–water partition coefficient (Wildman–Crippen LogP) is 4.73. The first-order valence-corrected chi connectivity index (χ1v) is 8.59. The van der Waals surface area contributed by atoms with E-state index in [0.29, 0.717) is 29.2 Å². The van der Waals surface area contributed by atoms with Crippen LogP contribution in [0.4, 0.5) is 20.2 Å². The molecular formula is C20H16ClF2N3O. The van der Waals surface area contributed by atoms with Crippen LogP contribution in [0.3, 0.4) is 0 Å². The van der Waals surface area contributed by atoms with Gasteiger partial charge >= 0.3 is 0 Å². The van der Waals surface area contributed by atoms with Crippen molar-refractivity contribution in [2.24, 2.45) is 0 Å². The van der Waals surface area contributed by atoms with E-state index in [1.165, 1.54) is 18.5 Å². The van der Waals surface area contributed by atoms with Gasteiger partial charge in [-0.1, -0.05) is 23.7 Å². The van der Waals surface area contributed by atoms with Crippen molar-refractivity contribution in [2.75, 3.05) is 11.9 Å². The van der Waals surface area contributed by atoms with Crippen molar-refractivity contribution < 1.29 is 13.6 Å². The zero-order valence-electron chi connectivity index (χ0n) is 14.2. The van der Waals surface area contributed by atoms with Gasteiger partial charge in [-0.2, -0.15) is 0 Å². The first-order chi connectivity index (χ1) is 13.0. The van der Waals surface area contributed by atoms with Crippen molar-refractivity contribution in [3.05, 3.63) is 88.7 Å². The molecule has 2 aromatic carbocycles. The fourth-order valence-electron chi connectivity index (χ4n) is 2.45. The van der Waals surface area contributed by atoms with Gasteiger partial charge in [0.05, 0.1) is 23.1 Å². The molecule has 2 N–H and O–H groups in total. The van der Waals surface area contributed by atoms with Gasteiger partial charge in [0.1, 0.15) is 11.6 Å². The normalized spacial score (nSPS) is 10.5. The van der Waals surface area contributed by atoms with E-state index in [1.54, 1.807) is 18.2 Å². The number of benzene rings is 2. The lowest BCUT2D eigenvalue weighted by Gasteiger charge is -2.09. The second-order valence-corrected chi connectivity index (χ2v) is 6.28. The second-order valence-electron chi connectivity index (χ2n) is 5.84. The van der Waals surface area contributed by atoms with E-state index >= 15 is 0 Å². The topological polar surface area (TPSA) is 54.0 Å². The van der Waals surface area contributed by atoms with Crippen LogP contribution in [0.25, 0.3) is 0 Å². The van der Waals surface area contributed by atoms with Crippen LogP contribution in [0.1, 0.15) is 15.9 Å². The van der Waals surface area contributed by atoms with E-state index < -0.39 is 11.6 Å². The summed E-state index contributed by atoms with van der Waals surface area (Å²) in [5.74, 6) is -1.68. The molecule has 0 atom stereocenters. The summed E-state index contributed by atoms with van der Waals surface area (Å²) in [5, 5.41) is 6.26. The Morgan fingerprint density at radius 1 is 1.04 bits per heavy atom. The lowest BCUT2D eigenvalue weighted by atomic mass is 10.1. The Bertz CT molecular complexity index is 948. The average Bonchev–Trinajstić information content (AvgIpc) is 2.66. The number of rotatable bonds is 6. The van der Waals surface area contributed by atoms with E-state index in [9.17, 15) is 13.6 Å². The molecule has 7 heteroatoms. The Kier molecular flexibility index (Phi) is 5.98. The third kappa shape index (κ3) is 5.24. The Labute approximate surface area is 160 Å². The number of anilines is 2. The molecule has 0 aliphatic rings. The van der Waals surface area contributed by atoms with Crippen LogP contribution in [0.5, 0.6) is 0 Å². The number of carbonyl (C=O) groups is 1. The summed E-state index contributed by atoms with van der Waals surface area (Å²) in [4.78, 5) is 16.3. The van der Waals surface area contributed by atoms with Crippen molar-refractivity contribution in [1.29, 1.82) is 0 Å². The molecular weight excluding hydrogens is 372 g/mol. The summed E-state index contributed by atoms with van der Waals surface area (Å²) < 4.78 is 26.7. The number of carbonyl (C=O) groups excluding carboxylic acids is 1. The van der Waals surface area contributed by atoms with Gasteiger partial charge in [-0.25, -0.2) is 8.78 Å². The van der Waals surface area contributed by atoms with Crippen molar-refractivity contribution in [2.45, 2.75) is 6.42 Å². The second kappa shape index (κ2) is 8.60. The van der Waals surface area contributed by atoms with Crippen LogP contribution in [0.15, 0.2) is 60.9 Å². The summed E-state index contributed by atoms with van der Waals surface area (Å²) in [5.41, 5.74) is 1.91. The minimum absolute atomic E-state index is 0.0958. The minimum Gasteiger partial charge on any atom is -0.352 e. The summed E-state index contributed by atoms with van der Waals surface area (Å²) in [6, 6.07) is 12.2. The van der Waals surface area contributed by atoms with Crippen LogP contribution >= 0.6 is 11.6 Å². The molecule has 0 saturated heterocycles. The van der Waals surface area contributed by atoms with Crippen molar-refractivity contribution >= 4 is 28.9 Å². The number of hydrogen-bond donors (Lipinski definition) is 2. The van der Waals surface area contributed by atoms with Gasteiger partial charge in [0.2, 0.25) is 0 Å². The number of pyridine rings is 1. The first-order valence-electron chi connectivity index (χ1n) is 8.21. The van der Waals surface area contributed by atoms with E-state index in [4.69, 9.17) is 11.6 Å². The van der Waals surface area contributed by atoms with Gasteiger partial charge < -0.3 is 10.6 Å². The maximum atomic E-state index is 13.7. The number of aromatic nitrogens is 1. The summed E-state index contributed by atoms with van der Waals surface area (Å²) in [6.45, 7) is 0.449. The molecule has 27 heavy (non-hydrogen) atoms. The molecule has 3 aromatic rings. The van der Waals surface area contributed by atoms with Gasteiger partial charge in [0, 0.05) is 23.8 Å². The number of nitrogens with zero attached hydrogens (tertiary/aromatic N) is 1. The fraction of sp³-hybridized carbons (Fsp3) is 0.100. The number of halogens is 3. The van der Waals surface area contributed by atoms with Crippen LogP contribution in [0.2, 0.25) is 5.02 Å². The number of amides is 1. The third-order valence-corrected chi connectivity index (χ3v) is 4.08. The van der Waals surface area contributed by atoms with Crippen molar-refractivity contribution in [3.8, 4) is 0 Å². The quantitative estimate of drug-likeness (QED) is 0.643. The molecule has 0 bridgehead atoms. The average molecular weight is 388 g/mol. The molecule has 4 nitrogen and oxygen atoms in total. The fourth-order valence-corrected chi connectivity index (χ4v) is 2.58. The monoisotopic (exact) mass is 387 g/mol. The molecule has 0 fully saturated rings. The van der Waals surface area contributed by atoms with E-state index in [-0.39, 0.29) is 11.6 Å². The molecule has 1 heterocycles. The third-order valence-electron chi connectivity index (χ3n) is 3.82. The van der Waals surface area contributed by atoms with Crippen LogP contribution in [-0.4, -0.2) is 17.4 Å². The molecule has 0 unspecified atom stereocenters. The van der Waals surface area contributed by atoms with E-state index in [0.717, 1.165) is 17.7 Å². The Morgan fingerprint density at radius 3 is 2.56 bits per heavy atom. The lowest BCUT2D eigenvalue weighted by molar-refractivity contribution is 0.0954. The van der Waals surface area contributed by atoms with Gasteiger partial charge in [-0.3, -0.25) is 9.78 Å². The minimum atomic E-state index is -0.729. The van der Waals surface area contributed by atoms with Gasteiger partial charge in [0.15, 0.2) is 0 Å². The number of nitrogens with one attached hydrogen (secondary N) is 2. The van der Waals surface area contributed by atoms with Gasteiger partial charge in [0.25, 0.3) is 5.91 Å². The SMILES string of the molecule is O=C(NCCc1ccc(Cl)cc1)c1cncc(Nc2ccc(F)cc2F)c1. The summed E-state index contributed by atoms with van der Waals surface area (Å²) >= 11 is 5.84. The number of hydrogen-bond acceptors (Lipinski definition) is 3. The summed E-state index contributed by atoms with van der Waals surface area (Å²) in [6.07, 6.45) is 3.53. The van der Waals surface area contributed by atoms with E-state index in [2.05, 4.69) is 15.6 Å². The molecule has 3 rings (SSSR count). The van der Waals surface area contributed by atoms with Crippen molar-refractivity contribution in [3.63, 3.8) is 0 Å². The smallest absolute Gasteiger partial charge is 0.252 e. The van der Waals surface area contributed by atoms with Crippen LogP contribution < -0.4 is 10.6 Å². The van der Waals surface area contributed by atoms with Gasteiger partial charge in [-0.15, -0.1) is 0 Å². The van der Waals surface area contributed by atoms with E-state index in [1.807, 2.05) is 12.1 Å². The Morgan fingerprint density at radius 2 is 1.81 bits per heavy atom. The largest absolute Gasteiger partial charge is 0.352 e. The highest BCUT2D eigenvalue weighted by molar-refractivity contribution is 6.30. The molecule has 138 valence electrons. The van der Waals surface area contributed by atoms with Crippen LogP contribution in [-0.2, 0) is 6.42 Å². The molecule has 0 aliphatic carbocycles. The molecule has 0 saturated carbocycles. The zero-order valence-corrected chi connectivity index (χ0v) is 14.9. The molecule has 1 amide bonds. The molecule has 0 radical (unpaired) electrons. The Balaban J connectivity index is 1.60. The predicted molar refractivity (Wildman–Crippen MR) is 101 cm³/mol. The summed E-state index contributed by atoms with van der Waals surface area (Å²) in [7, 11) is 0. The standard InChI is InChI=1S/C20H16ClF2N3O/c21-15-3-1-13(2-4-15)7-8-25-20(27)14-9-17(12-24-11-14)26-19-6-5-16(22)10-18(19)23/h1-6,9-12,26H,7-8H2,(H,25,27).